The van der Waals surface area contributed by atoms with Gasteiger partial charge in [0.15, 0.2) is 0 Å². The van der Waals surface area contributed by atoms with Gasteiger partial charge < -0.3 is 10.2 Å². The lowest BCUT2D eigenvalue weighted by atomic mass is 10.2. The molecule has 0 saturated carbocycles. The fourth-order valence-corrected chi connectivity index (χ4v) is 1.89. The van der Waals surface area contributed by atoms with Crippen LogP contribution in [-0.4, -0.2) is 39.1 Å². The second-order valence-electron chi connectivity index (χ2n) is 4.19. The number of piperazine rings is 1. The van der Waals surface area contributed by atoms with Crippen LogP contribution in [0.3, 0.4) is 0 Å². The number of hydrogen-bond acceptors (Lipinski definition) is 3. The van der Waals surface area contributed by atoms with E-state index < -0.39 is 6.04 Å². The number of carbonyl (C=O) groups is 2. The smallest absolute Gasteiger partial charge is 0.245 e. The molecule has 0 aliphatic carbocycles. The monoisotopic (exact) mass is 236 g/mol. The van der Waals surface area contributed by atoms with Crippen LogP contribution in [0.1, 0.15) is 19.4 Å². The summed E-state index contributed by atoms with van der Waals surface area (Å²) in [5, 5.41) is 6.75. The summed E-state index contributed by atoms with van der Waals surface area (Å²) in [6, 6.07) is -0.433. The SMILES string of the molecule is CCn1cc(CN2CC(=O)NC(C)C2=O)cn1. The molecule has 1 fully saturated rings. The highest BCUT2D eigenvalue weighted by molar-refractivity contribution is 5.94. The van der Waals surface area contributed by atoms with Crippen molar-refractivity contribution in [1.82, 2.24) is 20.0 Å². The van der Waals surface area contributed by atoms with Gasteiger partial charge in [0.05, 0.1) is 12.7 Å². The Kier molecular flexibility index (Phi) is 3.12. The van der Waals surface area contributed by atoms with Gasteiger partial charge in [-0.05, 0) is 13.8 Å². The van der Waals surface area contributed by atoms with Crippen molar-refractivity contribution < 1.29 is 9.59 Å². The number of aryl methyl sites for hydroxylation is 1. The lowest BCUT2D eigenvalue weighted by Gasteiger charge is -2.30. The van der Waals surface area contributed by atoms with Crippen molar-refractivity contribution in [2.45, 2.75) is 33.0 Å². The molecule has 0 aromatic carbocycles. The summed E-state index contributed by atoms with van der Waals surface area (Å²) in [4.78, 5) is 24.7. The molecule has 2 heterocycles. The van der Waals surface area contributed by atoms with Gasteiger partial charge in [0.1, 0.15) is 6.04 Å². The van der Waals surface area contributed by atoms with E-state index >= 15 is 0 Å². The fourth-order valence-electron chi connectivity index (χ4n) is 1.89. The highest BCUT2D eigenvalue weighted by atomic mass is 16.2. The second-order valence-corrected chi connectivity index (χ2v) is 4.19. The molecule has 1 atom stereocenters. The maximum Gasteiger partial charge on any atom is 0.245 e. The van der Waals surface area contributed by atoms with E-state index in [0.717, 1.165) is 12.1 Å². The summed E-state index contributed by atoms with van der Waals surface area (Å²) in [6.45, 7) is 5.06. The van der Waals surface area contributed by atoms with E-state index in [-0.39, 0.29) is 18.4 Å². The number of carbonyl (C=O) groups excluding carboxylic acids is 2. The van der Waals surface area contributed by atoms with Crippen molar-refractivity contribution in [3.8, 4) is 0 Å². The van der Waals surface area contributed by atoms with Gasteiger partial charge in [0, 0.05) is 24.8 Å². The predicted molar refractivity (Wildman–Crippen MR) is 60.9 cm³/mol. The summed E-state index contributed by atoms with van der Waals surface area (Å²) in [7, 11) is 0. The minimum atomic E-state index is -0.433. The molecule has 2 amide bonds. The molecule has 1 N–H and O–H groups in total. The number of nitrogens with zero attached hydrogens (tertiary/aromatic N) is 3. The Morgan fingerprint density at radius 3 is 2.94 bits per heavy atom. The maximum absolute atomic E-state index is 11.8. The van der Waals surface area contributed by atoms with Crippen molar-refractivity contribution in [2.75, 3.05) is 6.54 Å². The van der Waals surface area contributed by atoms with E-state index in [1.165, 1.54) is 0 Å². The molecule has 0 bridgehead atoms. The number of aromatic nitrogens is 2. The van der Waals surface area contributed by atoms with Crippen LogP contribution in [0.4, 0.5) is 0 Å². The van der Waals surface area contributed by atoms with Gasteiger partial charge in [-0.15, -0.1) is 0 Å². The van der Waals surface area contributed by atoms with E-state index in [1.807, 2.05) is 13.1 Å². The number of amides is 2. The average molecular weight is 236 g/mol. The van der Waals surface area contributed by atoms with Gasteiger partial charge in [-0.1, -0.05) is 0 Å². The number of nitrogens with one attached hydrogen (secondary N) is 1. The Labute approximate surface area is 99.6 Å². The van der Waals surface area contributed by atoms with Gasteiger partial charge >= 0.3 is 0 Å². The Morgan fingerprint density at radius 1 is 1.53 bits per heavy atom. The standard InChI is InChI=1S/C11H16N4O2/c1-3-15-6-9(4-12-15)5-14-7-10(16)13-8(2)11(14)17/h4,6,8H,3,5,7H2,1-2H3,(H,13,16). The Morgan fingerprint density at radius 2 is 2.29 bits per heavy atom. The highest BCUT2D eigenvalue weighted by Gasteiger charge is 2.29. The predicted octanol–water partition coefficient (Wildman–Crippen LogP) is -0.250. The van der Waals surface area contributed by atoms with Gasteiger partial charge in [-0.2, -0.15) is 5.10 Å². The van der Waals surface area contributed by atoms with Crippen molar-refractivity contribution in [3.05, 3.63) is 18.0 Å². The average Bonchev–Trinajstić information content (AvgIpc) is 2.73. The second kappa shape index (κ2) is 4.57. The fraction of sp³-hybridized carbons (Fsp3) is 0.545. The van der Waals surface area contributed by atoms with E-state index in [1.54, 1.807) is 22.7 Å². The molecule has 1 aromatic rings. The molecule has 92 valence electrons. The molecule has 1 aliphatic heterocycles. The Hall–Kier alpha value is -1.85. The van der Waals surface area contributed by atoms with Crippen molar-refractivity contribution >= 4 is 11.8 Å². The minimum Gasteiger partial charge on any atom is -0.343 e. The summed E-state index contributed by atoms with van der Waals surface area (Å²) < 4.78 is 1.80. The quantitative estimate of drug-likeness (QED) is 0.787. The lowest BCUT2D eigenvalue weighted by Crippen LogP contribution is -2.56. The Balaban J connectivity index is 2.06. The van der Waals surface area contributed by atoms with Crippen LogP contribution in [0.5, 0.6) is 0 Å². The zero-order valence-electron chi connectivity index (χ0n) is 10.0. The third-order valence-electron chi connectivity index (χ3n) is 2.78. The first-order valence-electron chi connectivity index (χ1n) is 5.69. The zero-order valence-corrected chi connectivity index (χ0v) is 10.0. The Bertz CT molecular complexity index is 440. The molecule has 0 spiro atoms. The van der Waals surface area contributed by atoms with Crippen LogP contribution in [0, 0.1) is 0 Å². The van der Waals surface area contributed by atoms with Crippen LogP contribution in [0.15, 0.2) is 12.4 Å². The molecule has 6 heteroatoms. The molecular weight excluding hydrogens is 220 g/mol. The van der Waals surface area contributed by atoms with E-state index in [2.05, 4.69) is 10.4 Å². The van der Waals surface area contributed by atoms with Crippen LogP contribution >= 0.6 is 0 Å². The molecule has 1 aliphatic rings. The van der Waals surface area contributed by atoms with E-state index in [4.69, 9.17) is 0 Å². The first-order valence-corrected chi connectivity index (χ1v) is 5.69. The molecule has 0 radical (unpaired) electrons. The van der Waals surface area contributed by atoms with Gasteiger partial charge in [-0.3, -0.25) is 14.3 Å². The normalized spacial score (nSPS) is 20.6. The third-order valence-corrected chi connectivity index (χ3v) is 2.78. The number of rotatable bonds is 3. The lowest BCUT2D eigenvalue weighted by molar-refractivity contribution is -0.144. The zero-order chi connectivity index (χ0) is 12.4. The molecule has 17 heavy (non-hydrogen) atoms. The summed E-state index contributed by atoms with van der Waals surface area (Å²) in [5.74, 6) is -0.158. The van der Waals surface area contributed by atoms with Gasteiger partial charge in [-0.25, -0.2) is 0 Å². The van der Waals surface area contributed by atoms with Crippen molar-refractivity contribution in [2.24, 2.45) is 0 Å². The van der Waals surface area contributed by atoms with Crippen molar-refractivity contribution in [3.63, 3.8) is 0 Å². The summed E-state index contributed by atoms with van der Waals surface area (Å²) in [6.07, 6.45) is 3.62. The molecule has 1 unspecified atom stereocenters. The molecule has 2 rings (SSSR count). The topological polar surface area (TPSA) is 67.2 Å². The molecule has 1 aromatic heterocycles. The third kappa shape index (κ3) is 2.46. The van der Waals surface area contributed by atoms with Crippen molar-refractivity contribution in [1.29, 1.82) is 0 Å². The van der Waals surface area contributed by atoms with E-state index in [0.29, 0.717) is 6.54 Å². The highest BCUT2D eigenvalue weighted by Crippen LogP contribution is 2.08. The van der Waals surface area contributed by atoms with Crippen LogP contribution < -0.4 is 5.32 Å². The van der Waals surface area contributed by atoms with Crippen LogP contribution in [-0.2, 0) is 22.7 Å². The molecule has 6 nitrogen and oxygen atoms in total. The van der Waals surface area contributed by atoms with Gasteiger partial charge in [0.25, 0.3) is 0 Å². The van der Waals surface area contributed by atoms with Gasteiger partial charge in [0.2, 0.25) is 11.8 Å². The van der Waals surface area contributed by atoms with Crippen LogP contribution in [0.25, 0.3) is 0 Å². The molecular formula is C11H16N4O2. The minimum absolute atomic E-state index is 0.0474. The van der Waals surface area contributed by atoms with Crippen LogP contribution in [0.2, 0.25) is 0 Å². The first-order chi connectivity index (χ1) is 8.10. The largest absolute Gasteiger partial charge is 0.343 e. The summed E-state index contributed by atoms with van der Waals surface area (Å²) in [5.41, 5.74) is 0.946. The maximum atomic E-state index is 11.8. The molecule has 1 saturated heterocycles. The summed E-state index contributed by atoms with van der Waals surface area (Å²) >= 11 is 0. The number of hydrogen-bond donors (Lipinski definition) is 1. The first kappa shape index (κ1) is 11.6. The van der Waals surface area contributed by atoms with E-state index in [9.17, 15) is 9.59 Å².